The van der Waals surface area contributed by atoms with Gasteiger partial charge in [0.05, 0.1) is 0 Å². The standard InChI is InChI=1S/C13H26N2S/c1-12(2)9-14-5-7-15(8-6-14)10-13(11-16)3-4-13/h12,16H,3-11H2,1-2H3. The fraction of sp³-hybridized carbons (Fsp3) is 1.00. The molecule has 0 unspecified atom stereocenters. The fourth-order valence-electron chi connectivity index (χ4n) is 2.66. The van der Waals surface area contributed by atoms with E-state index in [-0.39, 0.29) is 0 Å². The highest BCUT2D eigenvalue weighted by Crippen LogP contribution is 2.47. The summed E-state index contributed by atoms with van der Waals surface area (Å²) in [6.45, 7) is 12.3. The van der Waals surface area contributed by atoms with E-state index in [1.165, 1.54) is 52.1 Å². The second-order valence-electron chi connectivity index (χ2n) is 6.13. The minimum Gasteiger partial charge on any atom is -0.301 e. The first-order chi connectivity index (χ1) is 7.63. The number of piperazine rings is 1. The lowest BCUT2D eigenvalue weighted by Crippen LogP contribution is -2.49. The van der Waals surface area contributed by atoms with Crippen LogP contribution in [0.2, 0.25) is 0 Å². The van der Waals surface area contributed by atoms with Gasteiger partial charge in [-0.05, 0) is 29.9 Å². The average molecular weight is 242 g/mol. The molecule has 94 valence electrons. The monoisotopic (exact) mass is 242 g/mol. The molecule has 2 fully saturated rings. The van der Waals surface area contributed by atoms with Crippen LogP contribution in [0.25, 0.3) is 0 Å². The van der Waals surface area contributed by atoms with Crippen molar-refractivity contribution in [2.75, 3.05) is 45.0 Å². The van der Waals surface area contributed by atoms with Crippen molar-refractivity contribution >= 4 is 12.6 Å². The van der Waals surface area contributed by atoms with Gasteiger partial charge in [0.2, 0.25) is 0 Å². The van der Waals surface area contributed by atoms with E-state index >= 15 is 0 Å². The lowest BCUT2D eigenvalue weighted by Gasteiger charge is -2.37. The molecule has 1 saturated carbocycles. The molecule has 2 rings (SSSR count). The van der Waals surface area contributed by atoms with Crippen LogP contribution in [-0.4, -0.2) is 54.8 Å². The molecular weight excluding hydrogens is 216 g/mol. The second-order valence-corrected chi connectivity index (χ2v) is 6.44. The highest BCUT2D eigenvalue weighted by molar-refractivity contribution is 7.80. The molecule has 1 saturated heterocycles. The quantitative estimate of drug-likeness (QED) is 0.737. The van der Waals surface area contributed by atoms with Crippen LogP contribution in [0.1, 0.15) is 26.7 Å². The lowest BCUT2D eigenvalue weighted by molar-refractivity contribution is 0.108. The zero-order valence-corrected chi connectivity index (χ0v) is 11.7. The van der Waals surface area contributed by atoms with Gasteiger partial charge in [0.15, 0.2) is 0 Å². The van der Waals surface area contributed by atoms with E-state index in [9.17, 15) is 0 Å². The molecule has 0 spiro atoms. The molecule has 0 amide bonds. The van der Waals surface area contributed by atoms with Gasteiger partial charge in [-0.3, -0.25) is 0 Å². The largest absolute Gasteiger partial charge is 0.301 e. The molecule has 3 heteroatoms. The molecule has 0 aromatic heterocycles. The Balaban J connectivity index is 1.69. The summed E-state index contributed by atoms with van der Waals surface area (Å²) >= 11 is 4.49. The Morgan fingerprint density at radius 1 is 1.06 bits per heavy atom. The summed E-state index contributed by atoms with van der Waals surface area (Å²) in [5.74, 6) is 1.89. The molecule has 2 nitrogen and oxygen atoms in total. The van der Waals surface area contributed by atoms with Gasteiger partial charge in [0, 0.05) is 39.3 Å². The van der Waals surface area contributed by atoms with Crippen molar-refractivity contribution in [3.8, 4) is 0 Å². The van der Waals surface area contributed by atoms with E-state index in [1.54, 1.807) is 0 Å². The number of hydrogen-bond donors (Lipinski definition) is 1. The fourth-order valence-corrected chi connectivity index (χ4v) is 3.08. The van der Waals surface area contributed by atoms with Crippen LogP contribution >= 0.6 is 12.6 Å². The Kier molecular flexibility index (Phi) is 4.20. The normalized spacial score (nSPS) is 26.2. The zero-order chi connectivity index (χ0) is 11.6. The van der Waals surface area contributed by atoms with Gasteiger partial charge < -0.3 is 9.80 Å². The Hall–Kier alpha value is 0.270. The second kappa shape index (κ2) is 5.28. The maximum atomic E-state index is 4.49. The molecule has 0 bridgehead atoms. The van der Waals surface area contributed by atoms with E-state index in [2.05, 4.69) is 36.3 Å². The Bertz CT molecular complexity index is 218. The van der Waals surface area contributed by atoms with Crippen molar-refractivity contribution in [1.82, 2.24) is 9.80 Å². The van der Waals surface area contributed by atoms with Gasteiger partial charge in [0.25, 0.3) is 0 Å². The predicted molar refractivity (Wildman–Crippen MR) is 73.2 cm³/mol. The van der Waals surface area contributed by atoms with E-state index in [0.717, 1.165) is 11.7 Å². The van der Waals surface area contributed by atoms with Crippen molar-refractivity contribution in [3.63, 3.8) is 0 Å². The van der Waals surface area contributed by atoms with Crippen LogP contribution < -0.4 is 0 Å². The average Bonchev–Trinajstić information content (AvgIpc) is 3.01. The van der Waals surface area contributed by atoms with E-state index < -0.39 is 0 Å². The van der Waals surface area contributed by atoms with Crippen LogP contribution in [0.3, 0.4) is 0 Å². The van der Waals surface area contributed by atoms with Gasteiger partial charge in [0.1, 0.15) is 0 Å². The summed E-state index contributed by atoms with van der Waals surface area (Å²) in [7, 11) is 0. The van der Waals surface area contributed by atoms with Crippen molar-refractivity contribution in [3.05, 3.63) is 0 Å². The number of thiol groups is 1. The zero-order valence-electron chi connectivity index (χ0n) is 10.8. The first kappa shape index (κ1) is 12.7. The number of hydrogen-bond acceptors (Lipinski definition) is 3. The first-order valence-electron chi connectivity index (χ1n) is 6.69. The van der Waals surface area contributed by atoms with Crippen LogP contribution in [0, 0.1) is 11.3 Å². The maximum Gasteiger partial charge on any atom is 0.0110 e. The summed E-state index contributed by atoms with van der Waals surface area (Å²) in [5.41, 5.74) is 0.601. The van der Waals surface area contributed by atoms with Crippen LogP contribution in [0.15, 0.2) is 0 Å². The SMILES string of the molecule is CC(C)CN1CCN(CC2(CS)CC2)CC1. The highest BCUT2D eigenvalue weighted by Gasteiger charge is 2.42. The minimum absolute atomic E-state index is 0.601. The molecule has 1 heterocycles. The molecule has 0 radical (unpaired) electrons. The van der Waals surface area contributed by atoms with Crippen LogP contribution in [0.4, 0.5) is 0 Å². The molecule has 1 aliphatic heterocycles. The van der Waals surface area contributed by atoms with Crippen LogP contribution in [-0.2, 0) is 0 Å². The van der Waals surface area contributed by atoms with Crippen molar-refractivity contribution in [2.24, 2.45) is 11.3 Å². The van der Waals surface area contributed by atoms with Gasteiger partial charge in [-0.2, -0.15) is 12.6 Å². The number of nitrogens with zero attached hydrogens (tertiary/aromatic N) is 2. The summed E-state index contributed by atoms with van der Waals surface area (Å²) in [6, 6.07) is 0. The smallest absolute Gasteiger partial charge is 0.0110 e. The third-order valence-corrected chi connectivity index (χ3v) is 4.61. The maximum absolute atomic E-state index is 4.49. The van der Waals surface area contributed by atoms with Crippen molar-refractivity contribution in [2.45, 2.75) is 26.7 Å². The highest BCUT2D eigenvalue weighted by atomic mass is 32.1. The first-order valence-corrected chi connectivity index (χ1v) is 7.32. The van der Waals surface area contributed by atoms with Crippen molar-refractivity contribution < 1.29 is 0 Å². The van der Waals surface area contributed by atoms with Gasteiger partial charge >= 0.3 is 0 Å². The lowest BCUT2D eigenvalue weighted by atomic mass is 10.1. The van der Waals surface area contributed by atoms with Gasteiger partial charge in [-0.1, -0.05) is 13.8 Å². The Morgan fingerprint density at radius 2 is 1.62 bits per heavy atom. The van der Waals surface area contributed by atoms with E-state index in [0.29, 0.717) is 5.41 Å². The minimum atomic E-state index is 0.601. The topological polar surface area (TPSA) is 6.48 Å². The summed E-state index contributed by atoms with van der Waals surface area (Å²) in [6.07, 6.45) is 2.81. The third-order valence-electron chi connectivity index (χ3n) is 3.94. The molecule has 0 atom stereocenters. The summed E-state index contributed by atoms with van der Waals surface area (Å²) < 4.78 is 0. The van der Waals surface area contributed by atoms with E-state index in [1.807, 2.05) is 0 Å². The predicted octanol–water partition coefficient (Wildman–Crippen LogP) is 1.97. The molecular formula is C13H26N2S. The molecule has 1 aliphatic carbocycles. The number of rotatable bonds is 5. The van der Waals surface area contributed by atoms with Crippen LogP contribution in [0.5, 0.6) is 0 Å². The Labute approximate surface area is 106 Å². The molecule has 2 aliphatic rings. The molecule has 16 heavy (non-hydrogen) atoms. The third kappa shape index (κ3) is 3.38. The molecule has 0 aromatic carbocycles. The molecule has 0 aromatic rings. The van der Waals surface area contributed by atoms with Gasteiger partial charge in [-0.25, -0.2) is 0 Å². The van der Waals surface area contributed by atoms with Gasteiger partial charge in [-0.15, -0.1) is 0 Å². The molecule has 0 N–H and O–H groups in total. The van der Waals surface area contributed by atoms with E-state index in [4.69, 9.17) is 0 Å². The van der Waals surface area contributed by atoms with Crippen molar-refractivity contribution in [1.29, 1.82) is 0 Å². The summed E-state index contributed by atoms with van der Waals surface area (Å²) in [4.78, 5) is 5.27. The summed E-state index contributed by atoms with van der Waals surface area (Å²) in [5, 5.41) is 0. The Morgan fingerprint density at radius 3 is 2.06 bits per heavy atom.